The second-order valence-corrected chi connectivity index (χ2v) is 29.5. The van der Waals surface area contributed by atoms with Crippen LogP contribution < -0.4 is 26.3 Å². The molecule has 0 saturated heterocycles. The molecule has 0 bridgehead atoms. The lowest BCUT2D eigenvalue weighted by Crippen LogP contribution is -2.71. The fourth-order valence-corrected chi connectivity index (χ4v) is 13.4. The minimum atomic E-state index is -3.37. The molecule has 0 unspecified atom stereocenters. The first-order valence-electron chi connectivity index (χ1n) is 21.8. The molecule has 0 saturated carbocycles. The van der Waals surface area contributed by atoms with E-state index in [9.17, 15) is 9.59 Å². The van der Waals surface area contributed by atoms with Gasteiger partial charge in [-0.25, -0.2) is 9.59 Å². The Labute approximate surface area is 374 Å². The third kappa shape index (κ3) is 13.6. The van der Waals surface area contributed by atoms with Gasteiger partial charge in [-0.1, -0.05) is 160 Å². The molecule has 62 heavy (non-hydrogen) atoms. The summed E-state index contributed by atoms with van der Waals surface area (Å²) in [5.41, 5.74) is -0.233. The van der Waals surface area contributed by atoms with Gasteiger partial charge in [0.25, 0.3) is 8.32 Å². The van der Waals surface area contributed by atoms with E-state index in [1.165, 1.54) is 7.11 Å². The van der Waals surface area contributed by atoms with E-state index >= 15 is 9.59 Å². The Balaban J connectivity index is 2.38. The fourth-order valence-electron chi connectivity index (χ4n) is 7.29. The van der Waals surface area contributed by atoms with Crippen molar-refractivity contribution < 1.29 is 37.5 Å². The summed E-state index contributed by atoms with van der Waals surface area (Å²) < 4.78 is 25.7. The molecule has 3 amide bonds. The number of ether oxygens (including phenoxy) is 2. The molecule has 0 spiro atoms. The molecule has 0 radical (unpaired) electrons. The highest BCUT2D eigenvalue weighted by atomic mass is 28.4. The van der Waals surface area contributed by atoms with Gasteiger partial charge < -0.3 is 34.3 Å². The highest BCUT2D eigenvalue weighted by molar-refractivity contribution is 6.99. The third-order valence-electron chi connectivity index (χ3n) is 11.4. The number of nitrogens with one attached hydrogen (secondary N) is 3. The molecule has 5 atom stereocenters. The van der Waals surface area contributed by atoms with Crippen LogP contribution in [0.1, 0.15) is 108 Å². The Morgan fingerprint density at radius 1 is 0.613 bits per heavy atom. The topological polar surface area (TPSA) is 141 Å². The number of benzene rings is 3. The fraction of sp³-hybridized carbons (Fsp3) is 0.551. The Hall–Kier alpha value is -4.31. The van der Waals surface area contributed by atoms with Crippen molar-refractivity contribution in [3.8, 4) is 0 Å². The molecular weight excluding hydrogens is 815 g/mol. The molecule has 3 aromatic carbocycles. The van der Waals surface area contributed by atoms with Gasteiger partial charge in [0.05, 0.1) is 19.3 Å². The summed E-state index contributed by atoms with van der Waals surface area (Å²) in [5, 5.41) is 10.1. The van der Waals surface area contributed by atoms with E-state index in [1.807, 2.05) is 94.4 Å². The Kier molecular flexibility index (Phi) is 17.9. The molecule has 3 N–H and O–H groups in total. The molecule has 0 heterocycles. The number of hydrogen-bond donors (Lipinski definition) is 3. The highest BCUT2D eigenvalue weighted by Gasteiger charge is 2.54. The number of rotatable bonds is 18. The van der Waals surface area contributed by atoms with Crippen LogP contribution in [-0.2, 0) is 32.7 Å². The first-order chi connectivity index (χ1) is 28.6. The van der Waals surface area contributed by atoms with Gasteiger partial charge in [-0.15, -0.1) is 0 Å². The second-order valence-electron chi connectivity index (χ2n) is 20.5. The van der Waals surface area contributed by atoms with Crippen LogP contribution >= 0.6 is 0 Å². The number of hydrogen-bond acceptors (Lipinski definition) is 8. The Morgan fingerprint density at radius 3 is 1.48 bits per heavy atom. The molecular formula is C49H75N3O8Si2. The van der Waals surface area contributed by atoms with Crippen molar-refractivity contribution in [2.75, 3.05) is 7.11 Å². The first kappa shape index (κ1) is 52.0. The van der Waals surface area contributed by atoms with E-state index in [2.05, 4.69) is 94.9 Å². The smallest absolute Gasteiger partial charge is 0.408 e. The molecule has 0 aromatic heterocycles. The van der Waals surface area contributed by atoms with Crippen LogP contribution in [0.15, 0.2) is 91.0 Å². The van der Waals surface area contributed by atoms with Crippen LogP contribution in [0.3, 0.4) is 0 Å². The van der Waals surface area contributed by atoms with Crippen LogP contribution in [0.5, 0.6) is 0 Å². The summed E-state index contributed by atoms with van der Waals surface area (Å²) in [6, 6.07) is 25.6. The van der Waals surface area contributed by atoms with Crippen LogP contribution in [0.4, 0.5) is 4.79 Å². The van der Waals surface area contributed by atoms with Gasteiger partial charge in [-0.2, -0.15) is 0 Å². The summed E-state index contributed by atoms with van der Waals surface area (Å²) in [6.45, 7) is 29.9. The maximum Gasteiger partial charge on any atom is 0.408 e. The predicted octanol–water partition coefficient (Wildman–Crippen LogP) is 8.43. The summed E-state index contributed by atoms with van der Waals surface area (Å²) in [6.07, 6.45) is -2.49. The number of methoxy groups -OCH3 is 1. The normalized spacial score (nSPS) is 15.2. The van der Waals surface area contributed by atoms with Crippen LogP contribution in [0, 0.1) is 11.8 Å². The standard InChI is InChI=1S/C49H75N3O8Si2/c1-33(2)32-38(45(55)57-14)50-43(53)39(41(34(3)4)60-62(49(11,12)13,36-28-22-18-23-29-36)37-30-24-19-25-31-37)51-44(54)40(52-46(56)58-47(5,6)7)42(35-26-20-17-21-27-35)59-61(15,16)48(8,9)10/h17-31,33-34,38-42H,32H2,1-16H3,(H,50,53)(H,51,54)(H,52,56)/t38-,39-,40-,41+,42+/m0/s1. The molecule has 11 nitrogen and oxygen atoms in total. The lowest BCUT2D eigenvalue weighted by Gasteiger charge is -2.47. The summed E-state index contributed by atoms with van der Waals surface area (Å²) in [5.74, 6) is -2.28. The van der Waals surface area contributed by atoms with Crippen LogP contribution in [-0.4, -0.2) is 77.5 Å². The lowest BCUT2D eigenvalue weighted by molar-refractivity contribution is -0.146. The highest BCUT2D eigenvalue weighted by Crippen LogP contribution is 2.41. The number of carbonyl (C=O) groups is 4. The molecule has 3 aromatic rings. The van der Waals surface area contributed by atoms with Crippen molar-refractivity contribution in [2.24, 2.45) is 11.8 Å². The van der Waals surface area contributed by atoms with Crippen molar-refractivity contribution in [3.63, 3.8) is 0 Å². The minimum absolute atomic E-state index is 0.0169. The van der Waals surface area contributed by atoms with E-state index in [0.29, 0.717) is 12.0 Å². The van der Waals surface area contributed by atoms with Gasteiger partial charge in [-0.05, 0) is 78.1 Å². The van der Waals surface area contributed by atoms with E-state index in [4.69, 9.17) is 18.3 Å². The molecule has 3 rings (SSSR count). The summed E-state index contributed by atoms with van der Waals surface area (Å²) >= 11 is 0. The third-order valence-corrected chi connectivity index (χ3v) is 20.9. The average molecular weight is 890 g/mol. The van der Waals surface area contributed by atoms with E-state index in [0.717, 1.165) is 10.4 Å². The van der Waals surface area contributed by atoms with Crippen molar-refractivity contribution in [2.45, 2.75) is 156 Å². The van der Waals surface area contributed by atoms with Gasteiger partial charge in [-0.3, -0.25) is 9.59 Å². The molecule has 342 valence electrons. The van der Waals surface area contributed by atoms with Crippen molar-refractivity contribution >= 4 is 50.9 Å². The Bertz CT molecular complexity index is 1870. The SMILES string of the molecule is COC(=O)[C@H](CC(C)C)NC(=O)[C@@H](NC(=O)[C@@H](NC(=O)OC(C)(C)C)[C@H](O[Si](C)(C)C(C)(C)C)c1ccccc1)[C@H](O[Si](c1ccccc1)(c1ccccc1)C(C)(C)C)C(C)C. The summed E-state index contributed by atoms with van der Waals surface area (Å²) in [4.78, 5) is 57.6. The zero-order valence-electron chi connectivity index (χ0n) is 40.2. The lowest BCUT2D eigenvalue weighted by atomic mass is 9.96. The number of amides is 3. The van der Waals surface area contributed by atoms with E-state index in [-0.39, 0.29) is 16.9 Å². The molecule has 0 aliphatic heterocycles. The number of alkyl carbamates (subject to hydrolysis) is 1. The second kappa shape index (κ2) is 21.4. The minimum Gasteiger partial charge on any atom is -0.467 e. The van der Waals surface area contributed by atoms with E-state index < -0.39 is 81.5 Å². The maximum atomic E-state index is 15.4. The molecule has 13 heteroatoms. The predicted molar refractivity (Wildman–Crippen MR) is 253 cm³/mol. The van der Waals surface area contributed by atoms with Crippen LogP contribution in [0.25, 0.3) is 0 Å². The van der Waals surface area contributed by atoms with Gasteiger partial charge in [0.1, 0.15) is 23.7 Å². The van der Waals surface area contributed by atoms with Crippen molar-refractivity contribution in [1.29, 1.82) is 0 Å². The molecule has 0 aliphatic rings. The monoisotopic (exact) mass is 890 g/mol. The zero-order valence-corrected chi connectivity index (χ0v) is 42.2. The number of esters is 1. The van der Waals surface area contributed by atoms with Gasteiger partial charge in [0, 0.05) is 0 Å². The van der Waals surface area contributed by atoms with Crippen molar-refractivity contribution in [1.82, 2.24) is 16.0 Å². The van der Waals surface area contributed by atoms with Gasteiger partial charge in [0.15, 0.2) is 8.32 Å². The number of carbonyl (C=O) groups excluding carboxylic acids is 4. The summed E-state index contributed by atoms with van der Waals surface area (Å²) in [7, 11) is -4.75. The zero-order chi connectivity index (χ0) is 46.8. The van der Waals surface area contributed by atoms with Gasteiger partial charge in [0.2, 0.25) is 11.8 Å². The van der Waals surface area contributed by atoms with Crippen molar-refractivity contribution in [3.05, 3.63) is 96.6 Å². The quantitative estimate of drug-likeness (QED) is 0.0855. The van der Waals surface area contributed by atoms with Crippen LogP contribution in [0.2, 0.25) is 23.2 Å². The van der Waals surface area contributed by atoms with E-state index in [1.54, 1.807) is 20.8 Å². The molecule has 0 aliphatic carbocycles. The van der Waals surface area contributed by atoms with Gasteiger partial charge >= 0.3 is 12.1 Å². The average Bonchev–Trinajstić information content (AvgIpc) is 3.17. The maximum absolute atomic E-state index is 15.4. The Morgan fingerprint density at radius 2 is 1.08 bits per heavy atom. The molecule has 0 fully saturated rings. The first-order valence-corrected chi connectivity index (χ1v) is 26.7. The largest absolute Gasteiger partial charge is 0.467 e.